The zero-order valence-corrected chi connectivity index (χ0v) is 21.8. The highest BCUT2D eigenvalue weighted by Gasteiger charge is 2.46. The minimum absolute atomic E-state index is 0.150. The van der Waals surface area contributed by atoms with Crippen LogP contribution in [0.5, 0.6) is 5.75 Å². The van der Waals surface area contributed by atoms with Gasteiger partial charge in [-0.2, -0.15) is 5.09 Å². The molecule has 3 heterocycles. The molecule has 0 saturated carbocycles. The number of esters is 1. The number of nitrogens with zero attached hydrogens (tertiary/aromatic N) is 3. The number of fused-ring (bicyclic) bond motifs is 1. The van der Waals surface area contributed by atoms with Crippen LogP contribution < -0.4 is 15.1 Å². The van der Waals surface area contributed by atoms with Gasteiger partial charge in [0, 0.05) is 6.20 Å². The Morgan fingerprint density at radius 1 is 1.16 bits per heavy atom. The van der Waals surface area contributed by atoms with Crippen LogP contribution in [0.2, 0.25) is 0 Å². The first-order valence-electron chi connectivity index (χ1n) is 11.8. The van der Waals surface area contributed by atoms with E-state index < -0.39 is 50.9 Å². The van der Waals surface area contributed by atoms with Crippen LogP contribution in [0.25, 0.3) is 11.0 Å². The molecule has 4 rings (SSSR count). The average molecular weight is 551 g/mol. The van der Waals surface area contributed by atoms with Crippen LogP contribution >= 0.6 is 7.75 Å². The minimum Gasteiger partial charge on any atom is -0.462 e. The third kappa shape index (κ3) is 6.13. The lowest BCUT2D eigenvalue weighted by Crippen LogP contribution is -2.38. The van der Waals surface area contributed by atoms with E-state index in [-0.39, 0.29) is 17.7 Å². The van der Waals surface area contributed by atoms with Gasteiger partial charge in [-0.25, -0.2) is 14.5 Å². The molecule has 5 N–H and O–H groups in total. The van der Waals surface area contributed by atoms with E-state index in [9.17, 15) is 24.8 Å². The number of anilines is 1. The summed E-state index contributed by atoms with van der Waals surface area (Å²) in [6.45, 7) is 4.35. The fourth-order valence-corrected chi connectivity index (χ4v) is 5.37. The Bertz CT molecular complexity index is 1290. The van der Waals surface area contributed by atoms with Crippen LogP contribution in [0.1, 0.15) is 27.0 Å². The molecule has 2 aromatic heterocycles. The molecule has 1 aromatic carbocycles. The number of ether oxygens (including phenoxy) is 2. The van der Waals surface area contributed by atoms with Gasteiger partial charge in [0.1, 0.15) is 42.1 Å². The maximum absolute atomic E-state index is 13.7. The fraction of sp³-hybridized carbons (Fsp3) is 0.435. The number of aliphatic hydroxyl groups excluding tert-OH is 2. The summed E-state index contributed by atoms with van der Waals surface area (Å²) in [7, 11) is -4.21. The second-order valence-corrected chi connectivity index (χ2v) is 10.6. The Morgan fingerprint density at radius 3 is 2.58 bits per heavy atom. The largest absolute Gasteiger partial charge is 0.462 e. The summed E-state index contributed by atoms with van der Waals surface area (Å²) in [4.78, 5) is 20.4. The van der Waals surface area contributed by atoms with Gasteiger partial charge >= 0.3 is 13.7 Å². The smallest absolute Gasteiger partial charge is 0.459 e. The van der Waals surface area contributed by atoms with Gasteiger partial charge in [0.25, 0.3) is 0 Å². The first-order chi connectivity index (χ1) is 18.1. The summed E-state index contributed by atoms with van der Waals surface area (Å²) in [5.74, 6) is -0.298. The van der Waals surface area contributed by atoms with Crippen molar-refractivity contribution in [2.75, 3.05) is 12.1 Å². The molecule has 0 aliphatic carbocycles. The Balaban J connectivity index is 1.50. The Morgan fingerprint density at radius 2 is 1.89 bits per heavy atom. The number of hydrogen-bond acceptors (Lipinski definition) is 12. The van der Waals surface area contributed by atoms with E-state index in [0.29, 0.717) is 11.0 Å². The lowest BCUT2D eigenvalue weighted by molar-refractivity contribution is -0.149. The third-order valence-electron chi connectivity index (χ3n) is 5.66. The van der Waals surface area contributed by atoms with Gasteiger partial charge in [-0.3, -0.25) is 20.0 Å². The standard InChI is InChI=1S/C23H30N5O9P/c1-13(2)35-23(31)14(3)27-38(33,37-15-7-5-4-6-8-15)34-11-17-18(29)19(30)22(36-17)28-10-9-16-20(26-32)24-12-25-21(16)28/h4-10,12-14,17-19,22,29-30,32H,11H2,1-3H3,(H,27,33)(H,24,25,26)/t14-,17+,18+,19+,22+,38+/m0/s1. The molecule has 38 heavy (non-hydrogen) atoms. The van der Waals surface area contributed by atoms with Crippen molar-refractivity contribution < 1.29 is 43.3 Å². The van der Waals surface area contributed by atoms with Crippen molar-refractivity contribution in [1.29, 1.82) is 0 Å². The normalized spacial score (nSPS) is 23.8. The van der Waals surface area contributed by atoms with Crippen LogP contribution in [-0.2, 0) is 23.4 Å². The number of aromatic nitrogens is 3. The number of carbonyl (C=O) groups is 1. The summed E-state index contributed by atoms with van der Waals surface area (Å²) in [5.41, 5.74) is 2.30. The molecule has 6 atom stereocenters. The molecular weight excluding hydrogens is 521 g/mol. The zero-order chi connectivity index (χ0) is 27.4. The number of para-hydroxylation sites is 1. The van der Waals surface area contributed by atoms with E-state index in [1.54, 1.807) is 56.4 Å². The lowest BCUT2D eigenvalue weighted by Gasteiger charge is -2.25. The average Bonchev–Trinajstić information content (AvgIpc) is 3.43. The van der Waals surface area contributed by atoms with Crippen LogP contribution in [0.4, 0.5) is 5.82 Å². The monoisotopic (exact) mass is 551 g/mol. The van der Waals surface area contributed by atoms with Crippen molar-refractivity contribution in [2.45, 2.75) is 57.5 Å². The van der Waals surface area contributed by atoms with Crippen molar-refractivity contribution in [3.05, 3.63) is 48.9 Å². The molecule has 0 unspecified atom stereocenters. The van der Waals surface area contributed by atoms with Gasteiger partial charge in [-0.05, 0) is 39.0 Å². The maximum atomic E-state index is 13.7. The van der Waals surface area contributed by atoms with E-state index >= 15 is 0 Å². The molecule has 14 nitrogen and oxygen atoms in total. The van der Waals surface area contributed by atoms with E-state index in [2.05, 4.69) is 15.1 Å². The Hall–Kier alpha value is -3.10. The summed E-state index contributed by atoms with van der Waals surface area (Å²) >= 11 is 0. The first kappa shape index (κ1) is 27.9. The van der Waals surface area contributed by atoms with Crippen LogP contribution in [0.3, 0.4) is 0 Å². The SMILES string of the molecule is CC(C)OC(=O)[C@H](C)N[P@@](=O)(OC[C@H]1O[C@@H](n2ccc3c(NO)ncnc32)[C@H](O)[C@@H]1O)Oc1ccccc1. The molecule has 0 bridgehead atoms. The lowest BCUT2D eigenvalue weighted by atomic mass is 10.1. The number of benzene rings is 1. The highest BCUT2D eigenvalue weighted by Crippen LogP contribution is 2.46. The quantitative estimate of drug-likeness (QED) is 0.132. The van der Waals surface area contributed by atoms with E-state index in [0.717, 1.165) is 0 Å². The molecule has 1 saturated heterocycles. The van der Waals surface area contributed by atoms with Gasteiger partial charge in [-0.1, -0.05) is 18.2 Å². The maximum Gasteiger partial charge on any atom is 0.459 e. The second kappa shape index (κ2) is 11.7. The van der Waals surface area contributed by atoms with Gasteiger partial charge in [-0.15, -0.1) is 0 Å². The highest BCUT2D eigenvalue weighted by atomic mass is 31.2. The summed E-state index contributed by atoms with van der Waals surface area (Å²) in [5, 5.41) is 33.7. The van der Waals surface area contributed by atoms with E-state index in [4.69, 9.17) is 18.5 Å². The molecular formula is C23H30N5O9P. The van der Waals surface area contributed by atoms with Crippen molar-refractivity contribution in [1.82, 2.24) is 19.6 Å². The molecule has 15 heteroatoms. The van der Waals surface area contributed by atoms with Crippen LogP contribution in [0, 0.1) is 0 Å². The zero-order valence-electron chi connectivity index (χ0n) is 20.9. The number of rotatable bonds is 11. The van der Waals surface area contributed by atoms with Gasteiger partial charge in [0.05, 0.1) is 18.1 Å². The second-order valence-electron chi connectivity index (χ2n) is 8.87. The van der Waals surface area contributed by atoms with Gasteiger partial charge in [0.15, 0.2) is 12.0 Å². The van der Waals surface area contributed by atoms with Gasteiger partial charge < -0.3 is 28.8 Å². The fourth-order valence-electron chi connectivity index (χ4n) is 3.87. The Kier molecular flexibility index (Phi) is 8.63. The van der Waals surface area contributed by atoms with Crippen molar-refractivity contribution in [3.63, 3.8) is 0 Å². The highest BCUT2D eigenvalue weighted by molar-refractivity contribution is 7.52. The van der Waals surface area contributed by atoms with E-state index in [1.807, 2.05) is 5.48 Å². The molecule has 1 fully saturated rings. The Labute approximate surface area is 218 Å². The van der Waals surface area contributed by atoms with E-state index in [1.165, 1.54) is 17.8 Å². The number of hydrogen-bond donors (Lipinski definition) is 5. The van der Waals surface area contributed by atoms with Crippen LogP contribution in [-0.4, -0.2) is 73.0 Å². The number of aliphatic hydroxyl groups is 2. The van der Waals surface area contributed by atoms with Gasteiger partial charge in [0.2, 0.25) is 0 Å². The topological polar surface area (TPSA) is 187 Å². The third-order valence-corrected chi connectivity index (χ3v) is 7.30. The van der Waals surface area contributed by atoms with Crippen molar-refractivity contribution >= 4 is 30.6 Å². The first-order valence-corrected chi connectivity index (χ1v) is 13.4. The van der Waals surface area contributed by atoms with Crippen molar-refractivity contribution in [3.8, 4) is 5.75 Å². The molecule has 0 spiro atoms. The minimum atomic E-state index is -4.21. The molecule has 206 valence electrons. The molecule has 0 radical (unpaired) electrons. The molecule has 3 aromatic rings. The molecule has 1 aliphatic rings. The summed E-state index contributed by atoms with van der Waals surface area (Å²) < 4.78 is 37.3. The van der Waals surface area contributed by atoms with Crippen LogP contribution in [0.15, 0.2) is 48.9 Å². The predicted molar refractivity (Wildman–Crippen MR) is 133 cm³/mol. The number of carbonyl (C=O) groups excluding carboxylic acids is 1. The van der Waals surface area contributed by atoms with Crippen molar-refractivity contribution in [2.24, 2.45) is 0 Å². The summed E-state index contributed by atoms with van der Waals surface area (Å²) in [6.07, 6.45) is -2.66. The summed E-state index contributed by atoms with van der Waals surface area (Å²) in [6, 6.07) is 8.75. The molecule has 0 amide bonds. The molecule has 1 aliphatic heterocycles. The predicted octanol–water partition coefficient (Wildman–Crippen LogP) is 1.98. The number of nitrogens with one attached hydrogen (secondary N) is 2.